The molecule has 2 rings (SSSR count). The fourth-order valence-electron chi connectivity index (χ4n) is 1.54. The van der Waals surface area contributed by atoms with Crippen LogP contribution in [0, 0.1) is 0 Å². The molecule has 0 saturated carbocycles. The number of amides is 1. The molecule has 1 aliphatic heterocycles. The smallest absolute Gasteiger partial charge is 0.410 e. The Kier molecular flexibility index (Phi) is 2.68. The van der Waals surface area contributed by atoms with Gasteiger partial charge in [0.15, 0.2) is 5.82 Å². The molecular weight excluding hydrogens is 222 g/mol. The van der Waals surface area contributed by atoms with Crippen molar-refractivity contribution < 1.29 is 9.53 Å². The summed E-state index contributed by atoms with van der Waals surface area (Å²) in [7, 11) is 0. The van der Waals surface area contributed by atoms with Crippen molar-refractivity contribution in [3.8, 4) is 0 Å². The van der Waals surface area contributed by atoms with Crippen LogP contribution in [0.4, 0.5) is 10.6 Å². The number of aromatic nitrogens is 3. The third-order valence-electron chi connectivity index (χ3n) is 2.37. The van der Waals surface area contributed by atoms with E-state index >= 15 is 0 Å². The molecule has 1 amide bonds. The minimum atomic E-state index is -0.462. The molecule has 0 aromatic carbocycles. The first-order valence-corrected chi connectivity index (χ1v) is 5.50. The molecule has 1 fully saturated rings. The van der Waals surface area contributed by atoms with Crippen molar-refractivity contribution >= 4 is 11.9 Å². The molecule has 7 heteroatoms. The number of hydrogen-bond acceptors (Lipinski definition) is 5. The van der Waals surface area contributed by atoms with Crippen molar-refractivity contribution in [3.63, 3.8) is 0 Å². The van der Waals surface area contributed by atoms with E-state index in [2.05, 4.69) is 10.2 Å². The third-order valence-corrected chi connectivity index (χ3v) is 2.37. The van der Waals surface area contributed by atoms with E-state index < -0.39 is 5.60 Å². The van der Waals surface area contributed by atoms with Gasteiger partial charge in [-0.25, -0.2) is 4.79 Å². The standard InChI is InChI=1S/C10H17N5O2/c1-10(2,3)17-9(16)14-5-7(6-14)15-12-4-8(11)13-15/h4,7H,5-6H2,1-3H3,(H2,11,13). The maximum absolute atomic E-state index is 11.7. The Balaban J connectivity index is 1.85. The third kappa shape index (κ3) is 2.66. The molecule has 1 aliphatic rings. The van der Waals surface area contributed by atoms with Crippen molar-refractivity contribution in [2.75, 3.05) is 18.8 Å². The van der Waals surface area contributed by atoms with E-state index in [-0.39, 0.29) is 12.1 Å². The van der Waals surface area contributed by atoms with Crippen molar-refractivity contribution in [1.29, 1.82) is 0 Å². The molecule has 17 heavy (non-hydrogen) atoms. The minimum absolute atomic E-state index is 0.0971. The summed E-state index contributed by atoms with van der Waals surface area (Å²) >= 11 is 0. The Morgan fingerprint density at radius 2 is 2.18 bits per heavy atom. The minimum Gasteiger partial charge on any atom is -0.444 e. The summed E-state index contributed by atoms with van der Waals surface area (Å²) in [5.74, 6) is 0.390. The Morgan fingerprint density at radius 3 is 2.65 bits per heavy atom. The van der Waals surface area contributed by atoms with E-state index in [4.69, 9.17) is 10.5 Å². The van der Waals surface area contributed by atoms with Gasteiger partial charge < -0.3 is 15.4 Å². The van der Waals surface area contributed by atoms with Crippen molar-refractivity contribution in [3.05, 3.63) is 6.20 Å². The average Bonchev–Trinajstić information content (AvgIpc) is 2.45. The van der Waals surface area contributed by atoms with E-state index in [1.807, 2.05) is 20.8 Å². The van der Waals surface area contributed by atoms with Crippen LogP contribution >= 0.6 is 0 Å². The molecule has 0 bridgehead atoms. The normalized spacial score (nSPS) is 16.8. The zero-order chi connectivity index (χ0) is 12.6. The molecule has 0 unspecified atom stereocenters. The number of nitrogen functional groups attached to an aromatic ring is 1. The molecule has 94 valence electrons. The molecule has 2 N–H and O–H groups in total. The first-order valence-electron chi connectivity index (χ1n) is 5.50. The van der Waals surface area contributed by atoms with Crippen molar-refractivity contribution in [2.24, 2.45) is 0 Å². The van der Waals surface area contributed by atoms with Gasteiger partial charge in [0, 0.05) is 0 Å². The first-order chi connectivity index (χ1) is 7.85. The zero-order valence-corrected chi connectivity index (χ0v) is 10.3. The lowest BCUT2D eigenvalue weighted by Gasteiger charge is -2.38. The lowest BCUT2D eigenvalue weighted by Crippen LogP contribution is -2.52. The summed E-state index contributed by atoms with van der Waals surface area (Å²) in [5.41, 5.74) is 5.01. The topological polar surface area (TPSA) is 86.3 Å². The number of carbonyl (C=O) groups is 1. The second-order valence-electron chi connectivity index (χ2n) is 5.13. The Hall–Kier alpha value is -1.79. The van der Waals surface area contributed by atoms with Gasteiger partial charge in [-0.15, -0.1) is 5.10 Å². The summed E-state index contributed by atoms with van der Waals surface area (Å²) in [6.45, 7) is 6.65. The number of carbonyl (C=O) groups excluding carboxylic acids is 1. The number of nitrogens with zero attached hydrogens (tertiary/aromatic N) is 4. The number of rotatable bonds is 1. The van der Waals surface area contributed by atoms with Gasteiger partial charge >= 0.3 is 6.09 Å². The summed E-state index contributed by atoms with van der Waals surface area (Å²) in [6.07, 6.45) is 1.20. The van der Waals surface area contributed by atoms with Gasteiger partial charge in [0.1, 0.15) is 11.6 Å². The number of hydrogen-bond donors (Lipinski definition) is 1. The van der Waals surface area contributed by atoms with E-state index in [0.717, 1.165) is 0 Å². The van der Waals surface area contributed by atoms with Gasteiger partial charge in [-0.3, -0.25) is 0 Å². The highest BCUT2D eigenvalue weighted by Gasteiger charge is 2.35. The van der Waals surface area contributed by atoms with Crippen LogP contribution in [0.15, 0.2) is 6.20 Å². The largest absolute Gasteiger partial charge is 0.444 e. The number of ether oxygens (including phenoxy) is 1. The fraction of sp³-hybridized carbons (Fsp3) is 0.700. The van der Waals surface area contributed by atoms with E-state index in [0.29, 0.717) is 18.9 Å². The molecule has 1 aromatic rings. The highest BCUT2D eigenvalue weighted by molar-refractivity contribution is 5.69. The maximum Gasteiger partial charge on any atom is 0.410 e. The molecular formula is C10H17N5O2. The molecule has 0 atom stereocenters. The van der Waals surface area contributed by atoms with Crippen LogP contribution in [0.1, 0.15) is 26.8 Å². The zero-order valence-electron chi connectivity index (χ0n) is 10.3. The average molecular weight is 239 g/mol. The highest BCUT2D eigenvalue weighted by atomic mass is 16.6. The fourth-order valence-corrected chi connectivity index (χ4v) is 1.54. The molecule has 2 heterocycles. The molecule has 7 nitrogen and oxygen atoms in total. The van der Waals surface area contributed by atoms with Crippen molar-refractivity contribution in [2.45, 2.75) is 32.4 Å². The van der Waals surface area contributed by atoms with Gasteiger partial charge in [-0.2, -0.15) is 9.90 Å². The lowest BCUT2D eigenvalue weighted by atomic mass is 10.1. The summed E-state index contributed by atoms with van der Waals surface area (Å²) in [6, 6.07) is 0.0971. The number of anilines is 1. The Morgan fingerprint density at radius 1 is 1.53 bits per heavy atom. The van der Waals surface area contributed by atoms with Gasteiger partial charge in [0.2, 0.25) is 0 Å². The quantitative estimate of drug-likeness (QED) is 0.777. The van der Waals surface area contributed by atoms with Crippen LogP contribution in [-0.4, -0.2) is 44.7 Å². The van der Waals surface area contributed by atoms with E-state index in [1.165, 1.54) is 11.0 Å². The summed E-state index contributed by atoms with van der Waals surface area (Å²) in [4.78, 5) is 14.8. The maximum atomic E-state index is 11.7. The second-order valence-corrected chi connectivity index (χ2v) is 5.13. The monoisotopic (exact) mass is 239 g/mol. The van der Waals surface area contributed by atoms with Crippen LogP contribution in [0.2, 0.25) is 0 Å². The highest BCUT2D eigenvalue weighted by Crippen LogP contribution is 2.22. The molecule has 0 aliphatic carbocycles. The van der Waals surface area contributed by atoms with Crippen LogP contribution in [0.5, 0.6) is 0 Å². The summed E-state index contributed by atoms with van der Waals surface area (Å²) in [5, 5.41) is 8.01. The van der Waals surface area contributed by atoms with Crippen LogP contribution in [0.3, 0.4) is 0 Å². The Bertz CT molecular complexity index is 417. The Labute approximate surface area is 99.5 Å². The van der Waals surface area contributed by atoms with Gasteiger partial charge in [0.05, 0.1) is 19.3 Å². The SMILES string of the molecule is CC(C)(C)OC(=O)N1CC(n2ncc(N)n2)C1. The first kappa shape index (κ1) is 11.7. The second kappa shape index (κ2) is 3.90. The van der Waals surface area contributed by atoms with Crippen LogP contribution < -0.4 is 5.73 Å². The number of likely N-dealkylation sites (tertiary alicyclic amines) is 1. The van der Waals surface area contributed by atoms with Crippen LogP contribution in [-0.2, 0) is 4.74 Å². The van der Waals surface area contributed by atoms with Crippen LogP contribution in [0.25, 0.3) is 0 Å². The van der Waals surface area contributed by atoms with E-state index in [9.17, 15) is 4.79 Å². The molecule has 1 saturated heterocycles. The number of nitrogens with two attached hydrogens (primary N) is 1. The van der Waals surface area contributed by atoms with Gasteiger partial charge in [0.25, 0.3) is 0 Å². The molecule has 0 spiro atoms. The van der Waals surface area contributed by atoms with Gasteiger partial charge in [-0.05, 0) is 20.8 Å². The molecule has 0 radical (unpaired) electrons. The van der Waals surface area contributed by atoms with E-state index in [1.54, 1.807) is 4.90 Å². The lowest BCUT2D eigenvalue weighted by molar-refractivity contribution is -0.00219. The van der Waals surface area contributed by atoms with Crippen molar-refractivity contribution in [1.82, 2.24) is 19.9 Å². The predicted octanol–water partition coefficient (Wildman–Crippen LogP) is 0.652. The van der Waals surface area contributed by atoms with Gasteiger partial charge in [-0.1, -0.05) is 0 Å². The summed E-state index contributed by atoms with van der Waals surface area (Å²) < 4.78 is 5.24. The molecule has 1 aromatic heterocycles. The predicted molar refractivity (Wildman–Crippen MR) is 61.3 cm³/mol.